The maximum absolute atomic E-state index is 12.6. The van der Waals surface area contributed by atoms with E-state index in [2.05, 4.69) is 4.98 Å². The van der Waals surface area contributed by atoms with Gasteiger partial charge in [-0.05, 0) is 18.2 Å². The Morgan fingerprint density at radius 2 is 2.00 bits per heavy atom. The van der Waals surface area contributed by atoms with Gasteiger partial charge in [-0.3, -0.25) is 4.98 Å². The molecular weight excluding hydrogens is 249 g/mol. The van der Waals surface area contributed by atoms with Crippen molar-refractivity contribution >= 4 is 22.6 Å². The summed E-state index contributed by atoms with van der Waals surface area (Å²) in [5.41, 5.74) is 4.09. The summed E-state index contributed by atoms with van der Waals surface area (Å²) in [6, 6.07) is 2.70. The summed E-state index contributed by atoms with van der Waals surface area (Å²) in [6.07, 6.45) is -3.44. The molecule has 0 bridgehead atoms. The average Bonchev–Trinajstić information content (AvgIpc) is 2.26. The summed E-state index contributed by atoms with van der Waals surface area (Å²) >= 11 is 0. The van der Waals surface area contributed by atoms with E-state index >= 15 is 0 Å². The van der Waals surface area contributed by atoms with Gasteiger partial charge in [0.15, 0.2) is 0 Å². The minimum absolute atomic E-state index is 0.127. The topological polar surface area (TPSA) is 76.2 Å². The number of carbonyl (C=O) groups is 1. The number of alkyl halides is 3. The van der Waals surface area contributed by atoms with E-state index in [-0.39, 0.29) is 22.2 Å². The lowest BCUT2D eigenvalue weighted by Gasteiger charge is -2.10. The van der Waals surface area contributed by atoms with Crippen molar-refractivity contribution in [2.75, 3.05) is 5.73 Å². The number of nitrogens with two attached hydrogens (primary N) is 1. The lowest BCUT2D eigenvalue weighted by Crippen LogP contribution is -2.08. The average molecular weight is 256 g/mol. The van der Waals surface area contributed by atoms with Crippen LogP contribution in [0.15, 0.2) is 24.4 Å². The van der Waals surface area contributed by atoms with E-state index in [1.807, 2.05) is 0 Å². The number of carboxylic acids is 1. The predicted octanol–water partition coefficient (Wildman–Crippen LogP) is 2.53. The number of nitrogen functional groups attached to an aromatic ring is 1. The smallest absolute Gasteiger partial charge is 0.416 e. The normalized spacial score (nSPS) is 11.7. The van der Waals surface area contributed by atoms with Gasteiger partial charge in [0, 0.05) is 5.39 Å². The zero-order valence-electron chi connectivity index (χ0n) is 8.82. The molecule has 0 fully saturated rings. The van der Waals surface area contributed by atoms with Crippen molar-refractivity contribution in [3.8, 4) is 0 Å². The van der Waals surface area contributed by atoms with Crippen LogP contribution >= 0.6 is 0 Å². The molecule has 2 aromatic rings. The summed E-state index contributed by atoms with van der Waals surface area (Å²) in [5.74, 6) is -1.39. The van der Waals surface area contributed by atoms with Gasteiger partial charge in [0.2, 0.25) is 0 Å². The maximum atomic E-state index is 12.6. The van der Waals surface area contributed by atoms with Gasteiger partial charge in [-0.2, -0.15) is 13.2 Å². The lowest BCUT2D eigenvalue weighted by atomic mass is 10.0. The Morgan fingerprint density at radius 3 is 2.56 bits per heavy atom. The van der Waals surface area contributed by atoms with Gasteiger partial charge < -0.3 is 10.8 Å². The molecule has 0 radical (unpaired) electrons. The van der Waals surface area contributed by atoms with Gasteiger partial charge in [0.05, 0.1) is 28.5 Å². The number of hydrogen-bond acceptors (Lipinski definition) is 3. The fourth-order valence-electron chi connectivity index (χ4n) is 1.62. The molecule has 2 rings (SSSR count). The molecule has 0 atom stereocenters. The number of halogens is 3. The van der Waals surface area contributed by atoms with Gasteiger partial charge in [0.25, 0.3) is 0 Å². The van der Waals surface area contributed by atoms with Gasteiger partial charge in [-0.25, -0.2) is 4.79 Å². The summed E-state index contributed by atoms with van der Waals surface area (Å²) in [5, 5.41) is 8.84. The number of anilines is 1. The molecule has 7 heteroatoms. The Hall–Kier alpha value is -2.31. The Balaban J connectivity index is 2.82. The van der Waals surface area contributed by atoms with E-state index in [1.165, 1.54) is 0 Å². The molecule has 0 spiro atoms. The Bertz CT molecular complexity index is 638. The SMILES string of the molecule is Nc1cnc2ccc(C(F)(F)F)cc2c1C(=O)O. The van der Waals surface area contributed by atoms with Crippen LogP contribution in [0.1, 0.15) is 15.9 Å². The van der Waals surface area contributed by atoms with Crippen molar-refractivity contribution in [2.24, 2.45) is 0 Å². The van der Waals surface area contributed by atoms with E-state index in [4.69, 9.17) is 10.8 Å². The Kier molecular flexibility index (Phi) is 2.61. The van der Waals surface area contributed by atoms with E-state index in [1.54, 1.807) is 0 Å². The number of aromatic carboxylic acids is 1. The first kappa shape index (κ1) is 12.2. The lowest BCUT2D eigenvalue weighted by molar-refractivity contribution is -0.137. The van der Waals surface area contributed by atoms with Crippen molar-refractivity contribution in [3.63, 3.8) is 0 Å². The molecule has 0 aliphatic carbocycles. The van der Waals surface area contributed by atoms with Crippen LogP contribution in [-0.2, 0) is 6.18 Å². The molecule has 0 aliphatic rings. The number of rotatable bonds is 1. The van der Waals surface area contributed by atoms with Crippen molar-refractivity contribution in [3.05, 3.63) is 35.5 Å². The van der Waals surface area contributed by atoms with Crippen LogP contribution in [0.25, 0.3) is 10.9 Å². The molecule has 1 aromatic carbocycles. The first-order chi connectivity index (χ1) is 8.30. The fourth-order valence-corrected chi connectivity index (χ4v) is 1.62. The molecular formula is C11H7F3N2O2. The number of benzene rings is 1. The minimum Gasteiger partial charge on any atom is -0.478 e. The molecule has 1 aromatic heterocycles. The molecule has 4 nitrogen and oxygen atoms in total. The highest BCUT2D eigenvalue weighted by molar-refractivity contribution is 6.07. The highest BCUT2D eigenvalue weighted by atomic mass is 19.4. The molecule has 94 valence electrons. The van der Waals surface area contributed by atoms with Gasteiger partial charge in [0.1, 0.15) is 0 Å². The third-order valence-corrected chi connectivity index (χ3v) is 2.44. The number of nitrogens with zero attached hydrogens (tertiary/aromatic N) is 1. The molecule has 0 unspecified atom stereocenters. The largest absolute Gasteiger partial charge is 0.478 e. The maximum Gasteiger partial charge on any atom is 0.416 e. The third-order valence-electron chi connectivity index (χ3n) is 2.44. The van der Waals surface area contributed by atoms with E-state index in [0.29, 0.717) is 0 Å². The number of hydrogen-bond donors (Lipinski definition) is 2. The highest BCUT2D eigenvalue weighted by Gasteiger charge is 2.31. The second kappa shape index (κ2) is 3.86. The molecule has 3 N–H and O–H groups in total. The number of pyridine rings is 1. The van der Waals surface area contributed by atoms with Crippen molar-refractivity contribution in [1.29, 1.82) is 0 Å². The Labute approximate surface area is 98.9 Å². The van der Waals surface area contributed by atoms with Crippen LogP contribution in [0.3, 0.4) is 0 Å². The molecule has 1 heterocycles. The first-order valence-corrected chi connectivity index (χ1v) is 4.79. The number of aromatic nitrogens is 1. The second-order valence-electron chi connectivity index (χ2n) is 3.62. The number of carboxylic acid groups (broad SMARTS) is 1. The summed E-state index contributed by atoms with van der Waals surface area (Å²) in [4.78, 5) is 14.8. The fraction of sp³-hybridized carbons (Fsp3) is 0.0909. The van der Waals surface area contributed by atoms with Gasteiger partial charge >= 0.3 is 12.1 Å². The predicted molar refractivity (Wildman–Crippen MR) is 58.1 cm³/mol. The minimum atomic E-state index is -4.55. The Morgan fingerprint density at radius 1 is 1.33 bits per heavy atom. The van der Waals surface area contributed by atoms with Crippen LogP contribution in [0.2, 0.25) is 0 Å². The van der Waals surface area contributed by atoms with Crippen LogP contribution in [0.4, 0.5) is 18.9 Å². The van der Waals surface area contributed by atoms with Crippen LogP contribution in [0, 0.1) is 0 Å². The van der Waals surface area contributed by atoms with E-state index < -0.39 is 17.7 Å². The standard InChI is InChI=1S/C11H7F3N2O2/c12-11(13,14)5-1-2-8-6(3-5)9(10(17)18)7(15)4-16-8/h1-4H,15H2,(H,17,18). The molecule has 0 saturated heterocycles. The quantitative estimate of drug-likeness (QED) is 0.822. The number of fused-ring (bicyclic) bond motifs is 1. The van der Waals surface area contributed by atoms with Crippen LogP contribution in [0.5, 0.6) is 0 Å². The third kappa shape index (κ3) is 1.94. The van der Waals surface area contributed by atoms with Crippen molar-refractivity contribution in [2.45, 2.75) is 6.18 Å². The summed E-state index contributed by atoms with van der Waals surface area (Å²) in [7, 11) is 0. The second-order valence-corrected chi connectivity index (χ2v) is 3.62. The molecule has 18 heavy (non-hydrogen) atoms. The van der Waals surface area contributed by atoms with Crippen LogP contribution in [-0.4, -0.2) is 16.1 Å². The highest BCUT2D eigenvalue weighted by Crippen LogP contribution is 2.32. The van der Waals surface area contributed by atoms with Gasteiger partial charge in [-0.1, -0.05) is 0 Å². The van der Waals surface area contributed by atoms with E-state index in [9.17, 15) is 18.0 Å². The molecule has 0 saturated carbocycles. The van der Waals surface area contributed by atoms with E-state index in [0.717, 1.165) is 24.4 Å². The van der Waals surface area contributed by atoms with Crippen molar-refractivity contribution < 1.29 is 23.1 Å². The monoisotopic (exact) mass is 256 g/mol. The summed E-state index contributed by atoms with van der Waals surface area (Å²) < 4.78 is 37.7. The molecule has 0 aliphatic heterocycles. The van der Waals surface area contributed by atoms with Gasteiger partial charge in [-0.15, -0.1) is 0 Å². The molecule has 0 amide bonds. The zero-order chi connectivity index (χ0) is 13.5. The first-order valence-electron chi connectivity index (χ1n) is 4.79. The summed E-state index contributed by atoms with van der Waals surface area (Å²) in [6.45, 7) is 0. The zero-order valence-corrected chi connectivity index (χ0v) is 8.82. The van der Waals surface area contributed by atoms with Crippen LogP contribution < -0.4 is 5.73 Å². The van der Waals surface area contributed by atoms with Crippen molar-refractivity contribution in [1.82, 2.24) is 4.98 Å².